The second-order valence-electron chi connectivity index (χ2n) is 5.67. The number of hydrogen-bond acceptors (Lipinski definition) is 6. The number of hydrogen-bond donors (Lipinski definition) is 3. The van der Waals surface area contributed by atoms with Gasteiger partial charge in [0.25, 0.3) is 5.91 Å². The van der Waals surface area contributed by atoms with E-state index in [-0.39, 0.29) is 33.7 Å². The fourth-order valence-electron chi connectivity index (χ4n) is 2.54. The molecule has 0 saturated carbocycles. The van der Waals surface area contributed by atoms with Crippen LogP contribution in [-0.4, -0.2) is 27.0 Å². The van der Waals surface area contributed by atoms with Crippen molar-refractivity contribution >= 4 is 28.4 Å². The molecule has 138 valence electrons. The molecule has 8 nitrogen and oxygen atoms in total. The zero-order valence-corrected chi connectivity index (χ0v) is 14.1. The first-order valence-electron chi connectivity index (χ1n) is 7.87. The van der Waals surface area contributed by atoms with Gasteiger partial charge in [-0.05, 0) is 31.2 Å². The first-order valence-corrected chi connectivity index (χ1v) is 7.87. The molecule has 3 rings (SSSR count). The van der Waals surface area contributed by atoms with E-state index in [0.717, 1.165) is 18.3 Å². The summed E-state index contributed by atoms with van der Waals surface area (Å²) in [7, 11) is 0. The van der Waals surface area contributed by atoms with Gasteiger partial charge in [-0.1, -0.05) is 0 Å². The predicted molar refractivity (Wildman–Crippen MR) is 93.9 cm³/mol. The number of aromatic carboxylic acids is 1. The van der Waals surface area contributed by atoms with Crippen molar-refractivity contribution in [3.05, 3.63) is 65.8 Å². The number of nitrogens with two attached hydrogens (primary N) is 1. The Morgan fingerprint density at radius 3 is 2.63 bits per heavy atom. The number of nitrogens with zero attached hydrogens (tertiary/aromatic N) is 2. The second kappa shape index (κ2) is 7.24. The summed E-state index contributed by atoms with van der Waals surface area (Å²) in [6, 6.07) is 4.47. The summed E-state index contributed by atoms with van der Waals surface area (Å²) in [6.07, 6.45) is 4.04. The van der Waals surface area contributed by atoms with Gasteiger partial charge in [0.15, 0.2) is 5.82 Å². The van der Waals surface area contributed by atoms with Crippen LogP contribution in [0.25, 0.3) is 16.5 Å². The molecule has 2 heterocycles. The average molecular weight is 370 g/mol. The van der Waals surface area contributed by atoms with Crippen molar-refractivity contribution in [3.8, 4) is 0 Å². The molecular weight excluding hydrogens is 355 g/mol. The summed E-state index contributed by atoms with van der Waals surface area (Å²) in [5, 5.41) is 12.1. The standard InChI is InChI=1S/C18H15FN4O4/c1-9(23-17(24)13(8-20)16-21-3-2-4-22-16)14-6-10-5-11(19)7-12(18(25)26)15(10)27-14/h2-9H,20H2,1H3,(H,23,24)(H,25,26)/b13-8+. The van der Waals surface area contributed by atoms with Crippen LogP contribution < -0.4 is 11.1 Å². The van der Waals surface area contributed by atoms with Gasteiger partial charge in [0.2, 0.25) is 0 Å². The molecule has 0 aliphatic heterocycles. The number of fused-ring (bicyclic) bond motifs is 1. The van der Waals surface area contributed by atoms with Crippen molar-refractivity contribution < 1.29 is 23.5 Å². The number of furan rings is 1. The summed E-state index contributed by atoms with van der Waals surface area (Å²) in [5.41, 5.74) is 5.32. The van der Waals surface area contributed by atoms with Gasteiger partial charge in [-0.15, -0.1) is 0 Å². The minimum Gasteiger partial charge on any atom is -0.478 e. The molecule has 1 unspecified atom stereocenters. The molecule has 1 amide bonds. The normalized spacial score (nSPS) is 12.7. The van der Waals surface area contributed by atoms with Crippen molar-refractivity contribution in [1.82, 2.24) is 15.3 Å². The van der Waals surface area contributed by atoms with Crippen molar-refractivity contribution in [2.24, 2.45) is 5.73 Å². The lowest BCUT2D eigenvalue weighted by Crippen LogP contribution is -2.28. The van der Waals surface area contributed by atoms with Gasteiger partial charge in [-0.25, -0.2) is 19.2 Å². The summed E-state index contributed by atoms with van der Waals surface area (Å²) in [6.45, 7) is 1.63. The Morgan fingerprint density at radius 1 is 1.30 bits per heavy atom. The van der Waals surface area contributed by atoms with Crippen LogP contribution in [0, 0.1) is 5.82 Å². The van der Waals surface area contributed by atoms with Crippen LogP contribution >= 0.6 is 0 Å². The van der Waals surface area contributed by atoms with E-state index < -0.39 is 23.7 Å². The van der Waals surface area contributed by atoms with Gasteiger partial charge in [0, 0.05) is 24.0 Å². The molecule has 9 heteroatoms. The summed E-state index contributed by atoms with van der Waals surface area (Å²) in [5.74, 6) is -2.13. The summed E-state index contributed by atoms with van der Waals surface area (Å²) >= 11 is 0. The zero-order valence-electron chi connectivity index (χ0n) is 14.1. The summed E-state index contributed by atoms with van der Waals surface area (Å²) < 4.78 is 19.2. The highest BCUT2D eigenvalue weighted by molar-refractivity contribution is 6.18. The molecule has 0 radical (unpaired) electrons. The molecule has 2 aromatic heterocycles. The topological polar surface area (TPSA) is 131 Å². The van der Waals surface area contributed by atoms with Crippen LogP contribution in [0.2, 0.25) is 0 Å². The predicted octanol–water partition coefficient (Wildman–Crippen LogP) is 2.24. The van der Waals surface area contributed by atoms with E-state index in [0.29, 0.717) is 0 Å². The fraction of sp³-hybridized carbons (Fsp3) is 0.111. The number of carboxylic acid groups (broad SMARTS) is 1. The van der Waals surface area contributed by atoms with Gasteiger partial charge in [-0.3, -0.25) is 4.79 Å². The third-order valence-corrected chi connectivity index (χ3v) is 3.82. The van der Waals surface area contributed by atoms with Crippen molar-refractivity contribution in [2.45, 2.75) is 13.0 Å². The highest BCUT2D eigenvalue weighted by Gasteiger charge is 2.21. The molecule has 0 spiro atoms. The number of carbonyl (C=O) groups excluding carboxylic acids is 1. The molecule has 1 atom stereocenters. The Kier molecular flexibility index (Phi) is 4.84. The maximum Gasteiger partial charge on any atom is 0.339 e. The van der Waals surface area contributed by atoms with Gasteiger partial charge in [-0.2, -0.15) is 0 Å². The minimum absolute atomic E-state index is 0.0287. The molecule has 0 fully saturated rings. The maximum atomic E-state index is 13.6. The van der Waals surface area contributed by atoms with Crippen LogP contribution in [0.4, 0.5) is 4.39 Å². The minimum atomic E-state index is -1.31. The van der Waals surface area contributed by atoms with Crippen LogP contribution in [0.15, 0.2) is 47.3 Å². The first-order chi connectivity index (χ1) is 12.9. The lowest BCUT2D eigenvalue weighted by Gasteiger charge is -2.12. The van der Waals surface area contributed by atoms with Crippen LogP contribution in [-0.2, 0) is 4.79 Å². The van der Waals surface area contributed by atoms with Gasteiger partial charge in [0.1, 0.15) is 22.7 Å². The monoisotopic (exact) mass is 370 g/mol. The van der Waals surface area contributed by atoms with Crippen LogP contribution in [0.3, 0.4) is 0 Å². The summed E-state index contributed by atoms with van der Waals surface area (Å²) in [4.78, 5) is 31.7. The molecule has 27 heavy (non-hydrogen) atoms. The molecule has 0 saturated heterocycles. The largest absolute Gasteiger partial charge is 0.478 e. The van der Waals surface area contributed by atoms with Crippen LogP contribution in [0.5, 0.6) is 0 Å². The number of carboxylic acids is 1. The maximum absolute atomic E-state index is 13.6. The lowest BCUT2D eigenvalue weighted by atomic mass is 10.1. The van der Waals surface area contributed by atoms with Gasteiger partial charge < -0.3 is 20.6 Å². The number of aromatic nitrogens is 2. The number of amides is 1. The van der Waals surface area contributed by atoms with Crippen LogP contribution in [0.1, 0.15) is 34.9 Å². The Bertz CT molecular complexity index is 1050. The van der Waals surface area contributed by atoms with E-state index in [1.807, 2.05) is 0 Å². The highest BCUT2D eigenvalue weighted by atomic mass is 19.1. The Hall–Kier alpha value is -3.75. The number of carbonyl (C=O) groups is 2. The molecule has 3 aromatic rings. The van der Waals surface area contributed by atoms with E-state index in [2.05, 4.69) is 15.3 Å². The Labute approximate surface area is 152 Å². The smallest absolute Gasteiger partial charge is 0.339 e. The van der Waals surface area contributed by atoms with Crippen molar-refractivity contribution in [3.63, 3.8) is 0 Å². The van der Waals surface area contributed by atoms with Gasteiger partial charge >= 0.3 is 5.97 Å². The van der Waals surface area contributed by atoms with E-state index in [1.54, 1.807) is 13.0 Å². The SMILES string of the molecule is CC(NC(=O)/C(=C/N)c1ncccn1)c1cc2cc(F)cc(C(=O)O)c2o1. The van der Waals surface area contributed by atoms with E-state index in [4.69, 9.17) is 10.2 Å². The van der Waals surface area contributed by atoms with Crippen molar-refractivity contribution in [2.75, 3.05) is 0 Å². The molecule has 0 bridgehead atoms. The molecule has 0 aliphatic rings. The number of rotatable bonds is 5. The molecule has 4 N–H and O–H groups in total. The number of halogens is 1. The van der Waals surface area contributed by atoms with E-state index >= 15 is 0 Å². The Morgan fingerprint density at radius 2 is 2.00 bits per heavy atom. The number of nitrogens with one attached hydrogen (secondary N) is 1. The van der Waals surface area contributed by atoms with Gasteiger partial charge in [0.05, 0.1) is 11.6 Å². The zero-order chi connectivity index (χ0) is 19.6. The first kappa shape index (κ1) is 18.1. The average Bonchev–Trinajstić information content (AvgIpc) is 3.06. The third kappa shape index (κ3) is 3.61. The number of benzene rings is 1. The molecule has 1 aromatic carbocycles. The Balaban J connectivity index is 1.88. The fourth-order valence-corrected chi connectivity index (χ4v) is 2.54. The highest BCUT2D eigenvalue weighted by Crippen LogP contribution is 2.28. The van der Waals surface area contributed by atoms with E-state index in [1.165, 1.54) is 18.5 Å². The quantitative estimate of drug-likeness (QED) is 0.587. The van der Waals surface area contributed by atoms with Crippen molar-refractivity contribution in [1.29, 1.82) is 0 Å². The van der Waals surface area contributed by atoms with E-state index in [9.17, 15) is 19.1 Å². The third-order valence-electron chi connectivity index (χ3n) is 3.82. The second-order valence-corrected chi connectivity index (χ2v) is 5.67. The molecule has 0 aliphatic carbocycles. The lowest BCUT2D eigenvalue weighted by molar-refractivity contribution is -0.116. The molecular formula is C18H15FN4O4.